The Kier molecular flexibility index (Phi) is 8.83. The van der Waals surface area contributed by atoms with Gasteiger partial charge in [0.05, 0.1) is 6.61 Å². The highest BCUT2D eigenvalue weighted by Crippen LogP contribution is 2.20. The van der Waals surface area contributed by atoms with E-state index < -0.39 is 0 Å². The first-order chi connectivity index (χ1) is 15.9. The van der Waals surface area contributed by atoms with Gasteiger partial charge >= 0.3 is 0 Å². The summed E-state index contributed by atoms with van der Waals surface area (Å²) in [5, 5.41) is 0.737. The van der Waals surface area contributed by atoms with Gasteiger partial charge in [-0.1, -0.05) is 36.0 Å². The van der Waals surface area contributed by atoms with Crippen molar-refractivity contribution in [1.29, 1.82) is 0 Å². The maximum Gasteiger partial charge on any atom is 0.269 e. The molecule has 1 aromatic heterocycles. The van der Waals surface area contributed by atoms with Crippen LogP contribution in [0.2, 0.25) is 0 Å². The quantitative estimate of drug-likeness (QED) is 0.212. The summed E-state index contributed by atoms with van der Waals surface area (Å²) >= 11 is 1.55. The Hall–Kier alpha value is -3.39. The lowest BCUT2D eigenvalue weighted by Gasteiger charge is -2.09. The minimum atomic E-state index is -0.365. The van der Waals surface area contributed by atoms with Crippen molar-refractivity contribution in [1.82, 2.24) is 20.8 Å². The molecule has 3 rings (SSSR count). The van der Waals surface area contributed by atoms with E-state index in [4.69, 9.17) is 4.74 Å². The Morgan fingerprint density at radius 1 is 0.939 bits per heavy atom. The smallest absolute Gasteiger partial charge is 0.269 e. The average Bonchev–Trinajstić information content (AvgIpc) is 2.79. The van der Waals surface area contributed by atoms with Gasteiger partial charge in [0.25, 0.3) is 5.91 Å². The SMILES string of the molecule is Cc1cccc(OCCCC(=O)NNC(=O)c2ccc(CSc3nc(C)cc(C)n3)cc2)c1. The van der Waals surface area contributed by atoms with Crippen molar-refractivity contribution in [2.24, 2.45) is 0 Å². The van der Waals surface area contributed by atoms with E-state index in [-0.39, 0.29) is 18.2 Å². The van der Waals surface area contributed by atoms with Crippen LogP contribution in [0.1, 0.15) is 45.7 Å². The van der Waals surface area contributed by atoms with Gasteiger partial charge in [-0.3, -0.25) is 20.4 Å². The van der Waals surface area contributed by atoms with Crippen LogP contribution in [0.4, 0.5) is 0 Å². The molecule has 0 unspecified atom stereocenters. The van der Waals surface area contributed by atoms with E-state index in [1.165, 1.54) is 0 Å². The predicted molar refractivity (Wildman–Crippen MR) is 129 cm³/mol. The van der Waals surface area contributed by atoms with Gasteiger partial charge < -0.3 is 4.74 Å². The number of amides is 2. The maximum atomic E-state index is 12.3. The normalized spacial score (nSPS) is 10.5. The number of aromatic nitrogens is 2. The summed E-state index contributed by atoms with van der Waals surface area (Å²) in [6.45, 7) is 6.32. The van der Waals surface area contributed by atoms with Crippen molar-refractivity contribution < 1.29 is 14.3 Å². The van der Waals surface area contributed by atoms with Gasteiger partial charge in [-0.2, -0.15) is 0 Å². The van der Waals surface area contributed by atoms with Gasteiger partial charge in [0, 0.05) is 29.1 Å². The van der Waals surface area contributed by atoms with Gasteiger partial charge in [-0.05, 0) is 68.7 Å². The van der Waals surface area contributed by atoms with Crippen LogP contribution in [0.25, 0.3) is 0 Å². The number of aryl methyl sites for hydroxylation is 3. The zero-order valence-corrected chi connectivity index (χ0v) is 19.9. The number of hydrogen-bond donors (Lipinski definition) is 2. The highest BCUT2D eigenvalue weighted by molar-refractivity contribution is 7.98. The van der Waals surface area contributed by atoms with Crippen LogP contribution < -0.4 is 15.6 Å². The summed E-state index contributed by atoms with van der Waals surface area (Å²) in [7, 11) is 0. The second-order valence-electron chi connectivity index (χ2n) is 7.69. The minimum absolute atomic E-state index is 0.253. The first kappa shape index (κ1) is 24.3. The molecule has 33 heavy (non-hydrogen) atoms. The Bertz CT molecular complexity index is 1080. The number of thioether (sulfide) groups is 1. The molecule has 2 amide bonds. The fraction of sp³-hybridized carbons (Fsp3) is 0.280. The molecule has 0 fully saturated rings. The third kappa shape index (κ3) is 8.23. The van der Waals surface area contributed by atoms with Crippen LogP contribution in [-0.4, -0.2) is 28.4 Å². The lowest BCUT2D eigenvalue weighted by molar-refractivity contribution is -0.122. The second kappa shape index (κ2) is 12.0. The first-order valence-corrected chi connectivity index (χ1v) is 11.7. The molecule has 0 saturated carbocycles. The van der Waals surface area contributed by atoms with Crippen molar-refractivity contribution in [3.8, 4) is 5.75 Å². The Morgan fingerprint density at radius 3 is 2.36 bits per heavy atom. The van der Waals surface area contributed by atoms with Crippen molar-refractivity contribution >= 4 is 23.6 Å². The topological polar surface area (TPSA) is 93.2 Å². The monoisotopic (exact) mass is 464 g/mol. The Labute approximate surface area is 198 Å². The number of nitrogens with zero attached hydrogens (tertiary/aromatic N) is 2. The third-order valence-corrected chi connectivity index (χ3v) is 5.59. The minimum Gasteiger partial charge on any atom is -0.494 e. The van der Waals surface area contributed by atoms with E-state index >= 15 is 0 Å². The molecule has 0 aliphatic carbocycles. The summed E-state index contributed by atoms with van der Waals surface area (Å²) in [6, 6.07) is 16.9. The van der Waals surface area contributed by atoms with Gasteiger partial charge in [-0.25, -0.2) is 9.97 Å². The van der Waals surface area contributed by atoms with Crippen molar-refractivity contribution in [2.45, 2.75) is 44.5 Å². The first-order valence-electron chi connectivity index (χ1n) is 10.7. The summed E-state index contributed by atoms with van der Waals surface area (Å²) < 4.78 is 5.63. The number of ether oxygens (including phenoxy) is 1. The zero-order chi connectivity index (χ0) is 23.6. The lowest BCUT2D eigenvalue weighted by atomic mass is 10.1. The maximum absolute atomic E-state index is 12.3. The number of carbonyl (C=O) groups is 2. The highest BCUT2D eigenvalue weighted by Gasteiger charge is 2.08. The molecule has 0 aliphatic rings. The van der Waals surface area contributed by atoms with E-state index in [0.717, 1.165) is 33.4 Å². The summed E-state index contributed by atoms with van der Waals surface area (Å²) in [4.78, 5) is 33.1. The molecule has 7 nitrogen and oxygen atoms in total. The van der Waals surface area contributed by atoms with Crippen LogP contribution in [0.15, 0.2) is 59.8 Å². The van der Waals surface area contributed by atoms with Gasteiger partial charge in [0.2, 0.25) is 5.91 Å². The van der Waals surface area contributed by atoms with Crippen LogP contribution >= 0.6 is 11.8 Å². The van der Waals surface area contributed by atoms with E-state index in [9.17, 15) is 9.59 Å². The fourth-order valence-corrected chi connectivity index (χ4v) is 3.95. The molecule has 1 heterocycles. The van der Waals surface area contributed by atoms with Gasteiger partial charge in [-0.15, -0.1) is 0 Å². The highest BCUT2D eigenvalue weighted by atomic mass is 32.2. The lowest BCUT2D eigenvalue weighted by Crippen LogP contribution is -2.41. The van der Waals surface area contributed by atoms with E-state index in [2.05, 4.69) is 20.8 Å². The largest absolute Gasteiger partial charge is 0.494 e. The Morgan fingerprint density at radius 2 is 1.67 bits per heavy atom. The molecule has 2 aromatic carbocycles. The van der Waals surface area contributed by atoms with Crippen LogP contribution in [-0.2, 0) is 10.5 Å². The molecule has 3 aromatic rings. The second-order valence-corrected chi connectivity index (χ2v) is 8.63. The predicted octanol–water partition coefficient (Wildman–Crippen LogP) is 4.31. The third-order valence-electron chi connectivity index (χ3n) is 4.67. The Balaban J connectivity index is 1.36. The average molecular weight is 465 g/mol. The number of benzene rings is 2. The molecular weight excluding hydrogens is 436 g/mol. The van der Waals surface area contributed by atoms with E-state index in [1.807, 2.05) is 63.2 Å². The molecule has 172 valence electrons. The molecular formula is C25H28N4O3S. The van der Waals surface area contributed by atoms with Crippen LogP contribution in [0, 0.1) is 20.8 Å². The van der Waals surface area contributed by atoms with E-state index in [1.54, 1.807) is 23.9 Å². The number of nitrogens with one attached hydrogen (secondary N) is 2. The number of hydrogen-bond acceptors (Lipinski definition) is 6. The van der Waals surface area contributed by atoms with Gasteiger partial charge in [0.15, 0.2) is 5.16 Å². The summed E-state index contributed by atoms with van der Waals surface area (Å²) in [5.41, 5.74) is 9.42. The van der Waals surface area contributed by atoms with Crippen molar-refractivity contribution in [3.05, 3.63) is 82.7 Å². The van der Waals surface area contributed by atoms with Crippen LogP contribution in [0.3, 0.4) is 0 Å². The van der Waals surface area contributed by atoms with E-state index in [0.29, 0.717) is 24.3 Å². The molecule has 0 saturated heterocycles. The molecule has 0 bridgehead atoms. The zero-order valence-electron chi connectivity index (χ0n) is 19.1. The van der Waals surface area contributed by atoms with Crippen LogP contribution in [0.5, 0.6) is 5.75 Å². The summed E-state index contributed by atoms with van der Waals surface area (Å²) in [6.07, 6.45) is 0.801. The molecule has 0 radical (unpaired) electrons. The molecule has 0 spiro atoms. The standard InChI is InChI=1S/C25H28N4O3S/c1-17-6-4-7-22(14-17)32-13-5-8-23(30)28-29-24(31)21-11-9-20(10-12-21)16-33-25-26-18(2)15-19(3)27-25/h4,6-7,9-12,14-15H,5,8,13,16H2,1-3H3,(H,28,30)(H,29,31). The number of carbonyl (C=O) groups excluding carboxylic acids is 2. The van der Waals surface area contributed by atoms with Crippen molar-refractivity contribution in [2.75, 3.05) is 6.61 Å². The molecule has 2 N–H and O–H groups in total. The number of rotatable bonds is 9. The van der Waals surface area contributed by atoms with Gasteiger partial charge in [0.1, 0.15) is 5.75 Å². The molecule has 8 heteroatoms. The number of hydrazine groups is 1. The molecule has 0 atom stereocenters. The summed E-state index contributed by atoms with van der Waals surface area (Å²) in [5.74, 6) is 0.854. The van der Waals surface area contributed by atoms with Crippen molar-refractivity contribution in [3.63, 3.8) is 0 Å². The molecule has 0 aliphatic heterocycles. The fourth-order valence-electron chi connectivity index (χ4n) is 3.05.